The van der Waals surface area contributed by atoms with Gasteiger partial charge in [0.25, 0.3) is 5.56 Å². The van der Waals surface area contributed by atoms with Crippen molar-refractivity contribution in [3.8, 4) is 0 Å². The number of rotatable bonds is 2. The maximum atomic E-state index is 12.4. The van der Waals surface area contributed by atoms with Crippen molar-refractivity contribution < 1.29 is 9.90 Å². The third-order valence-electron chi connectivity index (χ3n) is 4.44. The van der Waals surface area contributed by atoms with Gasteiger partial charge in [0.2, 0.25) is 5.91 Å². The Labute approximate surface area is 128 Å². The van der Waals surface area contributed by atoms with Gasteiger partial charge in [0.15, 0.2) is 0 Å². The highest BCUT2D eigenvalue weighted by molar-refractivity contribution is 5.82. The zero-order chi connectivity index (χ0) is 15.7. The van der Waals surface area contributed by atoms with Crippen LogP contribution in [0.15, 0.2) is 35.1 Å². The number of aliphatic hydroxyl groups excluding tert-OH is 1. The molecule has 0 saturated carbocycles. The van der Waals surface area contributed by atoms with Crippen LogP contribution in [0.5, 0.6) is 0 Å². The van der Waals surface area contributed by atoms with E-state index >= 15 is 0 Å². The quantitative estimate of drug-likeness (QED) is 0.878. The first-order valence-corrected chi connectivity index (χ1v) is 7.61. The molecule has 0 spiro atoms. The number of nitrogens with one attached hydrogen (secondary N) is 1. The van der Waals surface area contributed by atoms with Crippen LogP contribution in [-0.2, 0) is 11.2 Å². The van der Waals surface area contributed by atoms with Gasteiger partial charge in [-0.1, -0.05) is 25.1 Å². The van der Waals surface area contributed by atoms with Crippen LogP contribution in [-0.4, -0.2) is 40.1 Å². The van der Waals surface area contributed by atoms with E-state index in [1.54, 1.807) is 11.0 Å². The van der Waals surface area contributed by atoms with Crippen LogP contribution < -0.4 is 5.56 Å². The molecule has 2 atom stereocenters. The van der Waals surface area contributed by atoms with Crippen molar-refractivity contribution in [1.82, 2.24) is 9.88 Å². The van der Waals surface area contributed by atoms with E-state index in [1.807, 2.05) is 31.2 Å². The molecule has 0 aliphatic carbocycles. The first-order chi connectivity index (χ1) is 10.5. The number of amides is 1. The number of carbonyl (C=O) groups is 1. The van der Waals surface area contributed by atoms with Crippen LogP contribution in [0.3, 0.4) is 0 Å². The van der Waals surface area contributed by atoms with Gasteiger partial charge in [0, 0.05) is 24.2 Å². The largest absolute Gasteiger partial charge is 0.391 e. The van der Waals surface area contributed by atoms with Crippen molar-refractivity contribution in [1.29, 1.82) is 0 Å². The number of H-pyrrole nitrogens is 1. The summed E-state index contributed by atoms with van der Waals surface area (Å²) in [6, 6.07) is 9.28. The maximum Gasteiger partial charge on any atom is 0.252 e. The monoisotopic (exact) mass is 300 g/mol. The van der Waals surface area contributed by atoms with Gasteiger partial charge in [0.1, 0.15) is 0 Å². The van der Waals surface area contributed by atoms with E-state index in [9.17, 15) is 14.7 Å². The van der Waals surface area contributed by atoms with Crippen molar-refractivity contribution >= 4 is 16.8 Å². The van der Waals surface area contributed by atoms with E-state index in [4.69, 9.17) is 0 Å². The van der Waals surface area contributed by atoms with E-state index in [2.05, 4.69) is 4.98 Å². The minimum atomic E-state index is -0.479. The molecule has 1 amide bonds. The number of piperidine rings is 1. The Balaban J connectivity index is 1.79. The number of fused-ring (bicyclic) bond motifs is 1. The van der Waals surface area contributed by atoms with Gasteiger partial charge in [-0.05, 0) is 29.9 Å². The first-order valence-electron chi connectivity index (χ1n) is 7.61. The predicted molar refractivity (Wildman–Crippen MR) is 84.6 cm³/mol. The van der Waals surface area contributed by atoms with Gasteiger partial charge < -0.3 is 15.0 Å². The number of aromatic amines is 1. The zero-order valence-electron chi connectivity index (χ0n) is 12.6. The van der Waals surface area contributed by atoms with Crippen LogP contribution in [0.25, 0.3) is 10.9 Å². The summed E-state index contributed by atoms with van der Waals surface area (Å²) in [6.45, 7) is 2.98. The summed E-state index contributed by atoms with van der Waals surface area (Å²) in [6.07, 6.45) is 0.384. The number of β-amino-alcohol motifs (C(OH)–C–C–N with tert-alkyl or cyclic N) is 1. The summed E-state index contributed by atoms with van der Waals surface area (Å²) in [5.74, 6) is 0.111. The molecular formula is C17H20N2O3. The molecule has 1 aromatic carbocycles. The zero-order valence-corrected chi connectivity index (χ0v) is 12.6. The molecule has 2 heterocycles. The Kier molecular flexibility index (Phi) is 3.98. The molecule has 22 heavy (non-hydrogen) atoms. The molecule has 1 aromatic heterocycles. The number of benzene rings is 1. The van der Waals surface area contributed by atoms with Crippen LogP contribution in [0.2, 0.25) is 0 Å². The van der Waals surface area contributed by atoms with Gasteiger partial charge in [-0.2, -0.15) is 0 Å². The Morgan fingerprint density at radius 1 is 1.41 bits per heavy atom. The molecule has 2 unspecified atom stereocenters. The van der Waals surface area contributed by atoms with Crippen LogP contribution in [0.1, 0.15) is 18.9 Å². The number of nitrogens with zero attached hydrogens (tertiary/aromatic N) is 1. The third kappa shape index (κ3) is 2.90. The number of hydrogen-bond acceptors (Lipinski definition) is 3. The topological polar surface area (TPSA) is 73.4 Å². The summed E-state index contributed by atoms with van der Waals surface area (Å²) in [7, 11) is 0. The van der Waals surface area contributed by atoms with Crippen molar-refractivity contribution in [2.75, 3.05) is 13.1 Å². The highest BCUT2D eigenvalue weighted by Crippen LogP contribution is 2.18. The lowest BCUT2D eigenvalue weighted by Crippen LogP contribution is -2.46. The molecule has 0 radical (unpaired) electrons. The highest BCUT2D eigenvalue weighted by Gasteiger charge is 2.27. The summed E-state index contributed by atoms with van der Waals surface area (Å²) in [5.41, 5.74) is 1.01. The molecule has 2 aromatic rings. The number of aliphatic hydroxyl groups is 1. The first kappa shape index (κ1) is 14.8. The van der Waals surface area contributed by atoms with Crippen LogP contribution >= 0.6 is 0 Å². The van der Waals surface area contributed by atoms with E-state index in [1.165, 1.54) is 0 Å². The molecule has 116 valence electrons. The molecule has 3 rings (SSSR count). The fourth-order valence-corrected chi connectivity index (χ4v) is 2.87. The predicted octanol–water partition coefficient (Wildman–Crippen LogP) is 1.30. The second kappa shape index (κ2) is 5.93. The minimum Gasteiger partial charge on any atom is -0.391 e. The normalized spacial score (nSPS) is 22.0. The Morgan fingerprint density at radius 2 is 2.18 bits per heavy atom. The van der Waals surface area contributed by atoms with Gasteiger partial charge in [-0.25, -0.2) is 0 Å². The minimum absolute atomic E-state index is 0.0707. The summed E-state index contributed by atoms with van der Waals surface area (Å²) in [4.78, 5) is 28.9. The van der Waals surface area contributed by atoms with Gasteiger partial charge in [0.05, 0.1) is 12.5 Å². The third-order valence-corrected chi connectivity index (χ3v) is 4.44. The summed E-state index contributed by atoms with van der Waals surface area (Å²) < 4.78 is 0. The number of likely N-dealkylation sites (tertiary alicyclic amines) is 1. The molecule has 1 fully saturated rings. The fraction of sp³-hybridized carbons (Fsp3) is 0.412. The number of pyridine rings is 1. The highest BCUT2D eigenvalue weighted by atomic mass is 16.3. The molecule has 5 heteroatoms. The lowest BCUT2D eigenvalue weighted by Gasteiger charge is -2.34. The van der Waals surface area contributed by atoms with Crippen LogP contribution in [0, 0.1) is 5.92 Å². The van der Waals surface area contributed by atoms with Crippen molar-refractivity contribution in [3.05, 3.63) is 46.2 Å². The van der Waals surface area contributed by atoms with Gasteiger partial charge in [-0.3, -0.25) is 9.59 Å². The van der Waals surface area contributed by atoms with Crippen molar-refractivity contribution in [2.45, 2.75) is 25.9 Å². The smallest absolute Gasteiger partial charge is 0.252 e. The van der Waals surface area contributed by atoms with Crippen molar-refractivity contribution in [2.24, 2.45) is 5.92 Å². The lowest BCUT2D eigenvalue weighted by atomic mass is 9.95. The molecule has 1 aliphatic heterocycles. The Morgan fingerprint density at radius 3 is 2.95 bits per heavy atom. The van der Waals surface area contributed by atoms with Crippen LogP contribution in [0.4, 0.5) is 0 Å². The van der Waals surface area contributed by atoms with E-state index in [0.29, 0.717) is 18.7 Å². The maximum absolute atomic E-state index is 12.4. The van der Waals surface area contributed by atoms with Gasteiger partial charge >= 0.3 is 0 Å². The number of para-hydroxylation sites is 1. The fourth-order valence-electron chi connectivity index (χ4n) is 2.87. The Hall–Kier alpha value is -2.14. The molecule has 2 N–H and O–H groups in total. The summed E-state index contributed by atoms with van der Waals surface area (Å²) in [5, 5.41) is 10.8. The lowest BCUT2D eigenvalue weighted by molar-refractivity contribution is -0.134. The average molecular weight is 300 g/mol. The summed E-state index contributed by atoms with van der Waals surface area (Å²) >= 11 is 0. The average Bonchev–Trinajstić information content (AvgIpc) is 2.50. The second-order valence-electron chi connectivity index (χ2n) is 6.06. The van der Waals surface area contributed by atoms with Crippen molar-refractivity contribution in [3.63, 3.8) is 0 Å². The SMILES string of the molecule is CC1CCN(C(=O)Cc2cc3ccccc3[nH]c2=O)CC1O. The number of hydrogen-bond donors (Lipinski definition) is 2. The molecule has 5 nitrogen and oxygen atoms in total. The standard InChI is InChI=1S/C17H20N2O3/c1-11-6-7-19(10-15(11)20)16(21)9-13-8-12-4-2-3-5-14(12)18-17(13)22/h2-5,8,11,15,20H,6-7,9-10H2,1H3,(H,18,22). The molecule has 1 saturated heterocycles. The second-order valence-corrected chi connectivity index (χ2v) is 6.06. The number of carbonyl (C=O) groups excluding carboxylic acids is 1. The Bertz CT molecular complexity index is 753. The molecule has 0 bridgehead atoms. The number of aromatic nitrogens is 1. The molecular weight excluding hydrogens is 280 g/mol. The molecule has 1 aliphatic rings. The van der Waals surface area contributed by atoms with E-state index in [-0.39, 0.29) is 23.8 Å². The van der Waals surface area contributed by atoms with Gasteiger partial charge in [-0.15, -0.1) is 0 Å². The van der Waals surface area contributed by atoms with E-state index in [0.717, 1.165) is 17.3 Å². The van der Waals surface area contributed by atoms with E-state index < -0.39 is 6.10 Å².